The molecule has 0 saturated heterocycles. The average molecular weight is 670 g/mol. The fourth-order valence-electron chi connectivity index (χ4n) is 3.47. The molecule has 1 heterocycles. The second-order valence-corrected chi connectivity index (χ2v) is 8.94. The van der Waals surface area contributed by atoms with Gasteiger partial charge in [-0.2, -0.15) is 74.6 Å². The zero-order chi connectivity index (χ0) is 33.9. The van der Waals surface area contributed by atoms with E-state index in [1.165, 1.54) is 0 Å². The molecule has 1 aromatic heterocycles. The molecule has 0 fully saturated rings. The number of halogens is 17. The molecule has 3 aromatic rings. The van der Waals surface area contributed by atoms with E-state index in [1.807, 2.05) is 0 Å². The minimum atomic E-state index is -8.77. The molecule has 0 amide bonds. The summed E-state index contributed by atoms with van der Waals surface area (Å²) in [5.41, 5.74) is -5.84. The summed E-state index contributed by atoms with van der Waals surface area (Å²) >= 11 is 0. The van der Waals surface area contributed by atoms with Crippen LogP contribution in [0.4, 0.5) is 74.6 Å². The third-order valence-corrected chi connectivity index (χ3v) is 6.02. The Bertz CT molecular complexity index is 1560. The number of ether oxygens (including phenoxy) is 1. The summed E-state index contributed by atoms with van der Waals surface area (Å²) in [7, 11) is 0. The maximum absolute atomic E-state index is 14.6. The van der Waals surface area contributed by atoms with Gasteiger partial charge >= 0.3 is 53.3 Å². The molecule has 3 nitrogen and oxygen atoms in total. The van der Waals surface area contributed by atoms with Gasteiger partial charge in [-0.3, -0.25) is 0 Å². The molecule has 2 aromatic carbocycles. The number of hydrogen-bond acceptors (Lipinski definition) is 3. The minimum Gasteiger partial charge on any atom is -0.489 e. The van der Waals surface area contributed by atoms with Crippen molar-refractivity contribution in [2.24, 2.45) is 0 Å². The van der Waals surface area contributed by atoms with E-state index in [-0.39, 0.29) is 18.4 Å². The Morgan fingerprint density at radius 1 is 0.568 bits per heavy atom. The number of rotatable bonds is 10. The smallest absolute Gasteiger partial charge is 0.460 e. The predicted octanol–water partition coefficient (Wildman–Crippen LogP) is 8.84. The second kappa shape index (κ2) is 10.4. The Kier molecular flexibility index (Phi) is 8.23. The maximum Gasteiger partial charge on any atom is 0.460 e. The van der Waals surface area contributed by atoms with Crippen molar-refractivity contribution in [2.45, 2.75) is 54.2 Å². The molecule has 0 aliphatic carbocycles. The second-order valence-electron chi connectivity index (χ2n) is 8.94. The van der Waals surface area contributed by atoms with E-state index in [0.29, 0.717) is 11.6 Å². The summed E-state index contributed by atoms with van der Waals surface area (Å²) < 4.78 is 240. The van der Waals surface area contributed by atoms with Crippen LogP contribution in [-0.4, -0.2) is 41.7 Å². The van der Waals surface area contributed by atoms with E-state index >= 15 is 0 Å². The van der Waals surface area contributed by atoms with Crippen molar-refractivity contribution in [3.8, 4) is 5.75 Å². The third kappa shape index (κ3) is 4.98. The predicted molar refractivity (Wildman–Crippen MR) is 113 cm³/mol. The highest BCUT2D eigenvalue weighted by Crippen LogP contribution is 2.64. The summed E-state index contributed by atoms with van der Waals surface area (Å²) in [6.45, 7) is -0.138. The van der Waals surface area contributed by atoms with Gasteiger partial charge in [0.2, 0.25) is 0 Å². The van der Waals surface area contributed by atoms with Crippen LogP contribution in [0, 0.1) is 0 Å². The van der Waals surface area contributed by atoms with Gasteiger partial charge in [-0.05, 0) is 23.8 Å². The molecule has 0 radical (unpaired) electrons. The highest BCUT2D eigenvalue weighted by molar-refractivity contribution is 5.78. The molecule has 0 aliphatic heterocycles. The van der Waals surface area contributed by atoms with Crippen LogP contribution in [0.1, 0.15) is 11.1 Å². The molecule has 0 saturated carbocycles. The first-order valence-corrected chi connectivity index (χ1v) is 11.1. The zero-order valence-electron chi connectivity index (χ0n) is 20.6. The maximum atomic E-state index is 14.6. The van der Waals surface area contributed by atoms with Gasteiger partial charge < -0.3 is 9.15 Å². The molecule has 0 N–H and O–H groups in total. The van der Waals surface area contributed by atoms with E-state index in [9.17, 15) is 79.4 Å². The molecular formula is C24H11F17O3. The van der Waals surface area contributed by atoms with Crippen molar-refractivity contribution in [3.05, 3.63) is 76.1 Å². The van der Waals surface area contributed by atoms with Crippen molar-refractivity contribution in [2.75, 3.05) is 0 Å². The standard InChI is InChI=1S/C24H11F17O3/c25-17(26,14-8-12-6-7-13(9-15(12)44-16(14)42)43-10-11-4-2-1-3-5-11)18(27,28)19(29,30)20(31,32)21(33,34)22(35,36)23(37,38)24(39,40)41/h1-9H,10H2. The quantitative estimate of drug-likeness (QED) is 0.160. The molecule has 0 aliphatic rings. The summed E-state index contributed by atoms with van der Waals surface area (Å²) in [5, 5.41) is -0.834. The van der Waals surface area contributed by atoms with Crippen LogP contribution in [0.2, 0.25) is 0 Å². The molecule has 0 bridgehead atoms. The summed E-state index contributed by atoms with van der Waals surface area (Å²) in [4.78, 5) is 12.0. The monoisotopic (exact) mass is 670 g/mol. The summed E-state index contributed by atoms with van der Waals surface area (Å²) in [5.74, 6) is -58.2. The van der Waals surface area contributed by atoms with Crippen LogP contribution in [0.5, 0.6) is 5.75 Å². The van der Waals surface area contributed by atoms with E-state index in [1.54, 1.807) is 30.3 Å². The van der Waals surface area contributed by atoms with Crippen LogP contribution < -0.4 is 10.4 Å². The normalized spacial score (nSPS) is 14.7. The minimum absolute atomic E-state index is 0.138. The number of hydrogen-bond donors (Lipinski definition) is 0. The lowest BCUT2D eigenvalue weighted by Gasteiger charge is -2.42. The Balaban J connectivity index is 2.05. The molecule has 0 atom stereocenters. The summed E-state index contributed by atoms with van der Waals surface area (Å²) in [6, 6.07) is 10.1. The van der Waals surface area contributed by atoms with E-state index in [0.717, 1.165) is 12.1 Å². The molecule has 0 unspecified atom stereocenters. The van der Waals surface area contributed by atoms with Crippen molar-refractivity contribution < 1.29 is 83.8 Å². The van der Waals surface area contributed by atoms with Gasteiger partial charge in [-0.25, -0.2) is 4.79 Å². The van der Waals surface area contributed by atoms with Crippen molar-refractivity contribution in [3.63, 3.8) is 0 Å². The molecule has 0 spiro atoms. The molecular weight excluding hydrogens is 659 g/mol. The van der Waals surface area contributed by atoms with Gasteiger partial charge in [0.15, 0.2) is 0 Å². The van der Waals surface area contributed by atoms with E-state index in [4.69, 9.17) is 4.74 Å². The number of alkyl halides is 17. The lowest BCUT2D eigenvalue weighted by atomic mass is 9.87. The highest BCUT2D eigenvalue weighted by Gasteiger charge is 2.95. The Labute approximate surface area is 231 Å². The lowest BCUT2D eigenvalue weighted by molar-refractivity contribution is -0.462. The molecule has 3 rings (SSSR count). The van der Waals surface area contributed by atoms with Crippen LogP contribution in [0.3, 0.4) is 0 Å². The Morgan fingerprint density at radius 2 is 1.05 bits per heavy atom. The van der Waals surface area contributed by atoms with Crippen LogP contribution >= 0.6 is 0 Å². The molecule has 44 heavy (non-hydrogen) atoms. The largest absolute Gasteiger partial charge is 0.489 e. The van der Waals surface area contributed by atoms with Gasteiger partial charge in [0.25, 0.3) is 0 Å². The first-order chi connectivity index (χ1) is 19.7. The molecule has 20 heteroatoms. The van der Waals surface area contributed by atoms with Gasteiger partial charge in [0, 0.05) is 11.5 Å². The van der Waals surface area contributed by atoms with E-state index in [2.05, 4.69) is 4.42 Å². The zero-order valence-corrected chi connectivity index (χ0v) is 20.6. The van der Waals surface area contributed by atoms with Gasteiger partial charge in [0.05, 0.1) is 0 Å². The van der Waals surface area contributed by atoms with Crippen molar-refractivity contribution >= 4 is 11.0 Å². The molecule has 244 valence electrons. The van der Waals surface area contributed by atoms with Crippen molar-refractivity contribution in [1.82, 2.24) is 0 Å². The van der Waals surface area contributed by atoms with Crippen molar-refractivity contribution in [1.29, 1.82) is 0 Å². The average Bonchev–Trinajstić information content (AvgIpc) is 2.90. The van der Waals surface area contributed by atoms with Crippen LogP contribution in [0.15, 0.2) is 63.8 Å². The highest BCUT2D eigenvalue weighted by atomic mass is 19.4. The third-order valence-electron chi connectivity index (χ3n) is 6.02. The first kappa shape index (κ1) is 34.7. The number of benzene rings is 2. The van der Waals surface area contributed by atoms with E-state index < -0.39 is 69.8 Å². The van der Waals surface area contributed by atoms with Crippen LogP contribution in [-0.2, 0) is 12.5 Å². The van der Waals surface area contributed by atoms with Gasteiger partial charge in [-0.15, -0.1) is 0 Å². The Morgan fingerprint density at radius 3 is 1.55 bits per heavy atom. The van der Waals surface area contributed by atoms with Crippen LogP contribution in [0.25, 0.3) is 11.0 Å². The SMILES string of the molecule is O=c1oc2cc(OCc3ccccc3)ccc2cc1C(F)(F)C(F)(F)C(F)(F)C(F)(F)C(F)(F)C(F)(F)C(F)(F)C(F)(F)F. The lowest BCUT2D eigenvalue weighted by Crippen LogP contribution is -2.74. The fourth-order valence-corrected chi connectivity index (χ4v) is 3.47. The topological polar surface area (TPSA) is 39.4 Å². The first-order valence-electron chi connectivity index (χ1n) is 11.1. The summed E-state index contributed by atoms with van der Waals surface area (Å²) in [6.07, 6.45) is -7.85. The number of fused-ring (bicyclic) bond motifs is 1. The van der Waals surface area contributed by atoms with Gasteiger partial charge in [-0.1, -0.05) is 30.3 Å². The fraction of sp³-hybridized carbons (Fsp3) is 0.375. The Hall–Kier alpha value is -3.74. The van der Waals surface area contributed by atoms with Gasteiger partial charge in [0.1, 0.15) is 23.5 Å².